The Morgan fingerprint density at radius 1 is 1.10 bits per heavy atom. The van der Waals surface area contributed by atoms with E-state index in [1.54, 1.807) is 7.05 Å². The highest BCUT2D eigenvalue weighted by Crippen LogP contribution is 2.27. The number of nitrogens with zero attached hydrogens (tertiary/aromatic N) is 1. The number of hydrogen-bond donors (Lipinski definition) is 0. The molecule has 0 aromatic heterocycles. The van der Waals surface area contributed by atoms with Gasteiger partial charge < -0.3 is 4.90 Å². The van der Waals surface area contributed by atoms with E-state index >= 15 is 0 Å². The third-order valence-corrected chi connectivity index (χ3v) is 4.08. The van der Waals surface area contributed by atoms with Gasteiger partial charge in [0.2, 0.25) is 0 Å². The van der Waals surface area contributed by atoms with Crippen LogP contribution >= 0.6 is 0 Å². The van der Waals surface area contributed by atoms with Crippen LogP contribution in [0.3, 0.4) is 0 Å². The molecule has 0 bridgehead atoms. The molecule has 0 aliphatic heterocycles. The minimum absolute atomic E-state index is 0.0786. The fourth-order valence-electron chi connectivity index (χ4n) is 2.68. The van der Waals surface area contributed by atoms with E-state index in [1.807, 2.05) is 0 Å². The van der Waals surface area contributed by atoms with Gasteiger partial charge in [0.05, 0.1) is 0 Å². The number of carbonyl (C=O) groups is 1. The summed E-state index contributed by atoms with van der Waals surface area (Å²) in [5, 5.41) is 0. The molecular weight excluding hydrogens is 267 g/mol. The molecule has 1 saturated carbocycles. The minimum Gasteiger partial charge on any atom is -0.339 e. The summed E-state index contributed by atoms with van der Waals surface area (Å²) < 4.78 is 39.2. The van der Waals surface area contributed by atoms with Crippen LogP contribution in [0.4, 0.5) is 13.2 Å². The van der Waals surface area contributed by atoms with Gasteiger partial charge in [-0.15, -0.1) is 0 Å². The monoisotopic (exact) mass is 285 g/mol. The average molecular weight is 285 g/mol. The fraction of sp³-hybridized carbons (Fsp3) is 0.533. The summed E-state index contributed by atoms with van der Waals surface area (Å²) >= 11 is 0. The molecule has 1 aromatic rings. The lowest BCUT2D eigenvalue weighted by atomic mass is 9.86. The molecule has 0 heterocycles. The van der Waals surface area contributed by atoms with Crippen molar-refractivity contribution in [2.45, 2.75) is 38.6 Å². The second-order valence-corrected chi connectivity index (χ2v) is 5.58. The van der Waals surface area contributed by atoms with Gasteiger partial charge >= 0.3 is 0 Å². The maximum absolute atomic E-state index is 13.2. The van der Waals surface area contributed by atoms with Crippen molar-refractivity contribution < 1.29 is 18.0 Å². The summed E-state index contributed by atoms with van der Waals surface area (Å²) in [5.41, 5.74) is -0.150. The molecule has 1 aromatic carbocycles. The number of amides is 1. The zero-order valence-corrected chi connectivity index (χ0v) is 11.6. The van der Waals surface area contributed by atoms with Gasteiger partial charge in [-0.25, -0.2) is 13.2 Å². The van der Waals surface area contributed by atoms with Crippen molar-refractivity contribution in [2.24, 2.45) is 5.92 Å². The Hall–Kier alpha value is -1.52. The van der Waals surface area contributed by atoms with Crippen LogP contribution in [0.5, 0.6) is 0 Å². The Morgan fingerprint density at radius 3 is 2.10 bits per heavy atom. The minimum atomic E-state index is -1.55. The van der Waals surface area contributed by atoms with Crippen molar-refractivity contribution in [3.63, 3.8) is 0 Å². The molecule has 5 heteroatoms. The number of hydrogen-bond acceptors (Lipinski definition) is 1. The Morgan fingerprint density at radius 2 is 1.60 bits per heavy atom. The summed E-state index contributed by atoms with van der Waals surface area (Å²) in [6.45, 7) is 2.17. The standard InChI is InChI=1S/C15H18F3NO/c1-9-3-5-11(6-4-9)19(2)15(20)10-7-12(16)14(18)13(17)8-10/h7-9,11H,3-6H2,1-2H3. The molecule has 1 fully saturated rings. The molecule has 0 N–H and O–H groups in total. The first-order valence-corrected chi connectivity index (χ1v) is 6.82. The molecule has 0 spiro atoms. The Labute approximate surface area is 116 Å². The van der Waals surface area contributed by atoms with E-state index in [2.05, 4.69) is 6.92 Å². The van der Waals surface area contributed by atoms with E-state index in [-0.39, 0.29) is 11.6 Å². The van der Waals surface area contributed by atoms with Gasteiger partial charge in [0.25, 0.3) is 5.91 Å². The molecule has 0 radical (unpaired) electrons. The molecule has 1 amide bonds. The van der Waals surface area contributed by atoms with Crippen LogP contribution in [0.1, 0.15) is 43.0 Å². The summed E-state index contributed by atoms with van der Waals surface area (Å²) in [7, 11) is 1.63. The first kappa shape index (κ1) is 14.9. The van der Waals surface area contributed by atoms with E-state index in [0.717, 1.165) is 37.8 Å². The maximum atomic E-state index is 13.2. The summed E-state index contributed by atoms with van der Waals surface area (Å²) in [6, 6.07) is 1.58. The van der Waals surface area contributed by atoms with Crippen LogP contribution in [0.2, 0.25) is 0 Å². The number of halogens is 3. The van der Waals surface area contributed by atoms with Crippen molar-refractivity contribution in [3.05, 3.63) is 35.1 Å². The second-order valence-electron chi connectivity index (χ2n) is 5.58. The third-order valence-electron chi connectivity index (χ3n) is 4.08. The third kappa shape index (κ3) is 2.97. The highest BCUT2D eigenvalue weighted by atomic mass is 19.2. The molecule has 2 nitrogen and oxygen atoms in total. The van der Waals surface area contributed by atoms with E-state index in [9.17, 15) is 18.0 Å². The first-order valence-electron chi connectivity index (χ1n) is 6.82. The first-order chi connectivity index (χ1) is 9.40. The van der Waals surface area contributed by atoms with Crippen LogP contribution in [0, 0.1) is 23.4 Å². The molecule has 110 valence electrons. The van der Waals surface area contributed by atoms with Gasteiger partial charge in [0.1, 0.15) is 0 Å². The highest BCUT2D eigenvalue weighted by Gasteiger charge is 2.26. The van der Waals surface area contributed by atoms with E-state index < -0.39 is 23.4 Å². The van der Waals surface area contributed by atoms with E-state index in [0.29, 0.717) is 5.92 Å². The molecule has 1 aliphatic rings. The molecule has 20 heavy (non-hydrogen) atoms. The largest absolute Gasteiger partial charge is 0.339 e. The zero-order valence-electron chi connectivity index (χ0n) is 11.6. The van der Waals surface area contributed by atoms with Gasteiger partial charge in [0.15, 0.2) is 17.5 Å². The van der Waals surface area contributed by atoms with Crippen LogP contribution < -0.4 is 0 Å². The van der Waals surface area contributed by atoms with Crippen molar-refractivity contribution in [1.29, 1.82) is 0 Å². The smallest absolute Gasteiger partial charge is 0.254 e. The van der Waals surface area contributed by atoms with Crippen LogP contribution in [-0.4, -0.2) is 23.9 Å². The average Bonchev–Trinajstić information content (AvgIpc) is 2.43. The van der Waals surface area contributed by atoms with Gasteiger partial charge in [-0.3, -0.25) is 4.79 Å². The molecule has 2 rings (SSSR count). The molecule has 0 saturated heterocycles. The normalized spacial score (nSPS) is 22.6. The predicted octanol–water partition coefficient (Wildman–Crippen LogP) is 3.75. The van der Waals surface area contributed by atoms with Crippen molar-refractivity contribution in [3.8, 4) is 0 Å². The molecule has 0 atom stereocenters. The Bertz CT molecular complexity index is 487. The predicted molar refractivity (Wildman–Crippen MR) is 69.8 cm³/mol. The van der Waals surface area contributed by atoms with Crippen molar-refractivity contribution in [2.75, 3.05) is 7.05 Å². The van der Waals surface area contributed by atoms with Crippen LogP contribution in [0.25, 0.3) is 0 Å². The van der Waals surface area contributed by atoms with Crippen LogP contribution in [-0.2, 0) is 0 Å². The van der Waals surface area contributed by atoms with E-state index in [4.69, 9.17) is 0 Å². The highest BCUT2D eigenvalue weighted by molar-refractivity contribution is 5.94. The topological polar surface area (TPSA) is 20.3 Å². The second kappa shape index (κ2) is 5.85. The number of rotatable bonds is 2. The Balaban J connectivity index is 2.14. The molecule has 1 aliphatic carbocycles. The lowest BCUT2D eigenvalue weighted by Crippen LogP contribution is -2.39. The van der Waals surface area contributed by atoms with Crippen molar-refractivity contribution >= 4 is 5.91 Å². The van der Waals surface area contributed by atoms with Gasteiger partial charge in [-0.05, 0) is 43.7 Å². The van der Waals surface area contributed by atoms with Gasteiger partial charge in [-0.1, -0.05) is 6.92 Å². The summed E-state index contributed by atoms with van der Waals surface area (Å²) in [6.07, 6.45) is 3.84. The summed E-state index contributed by atoms with van der Waals surface area (Å²) in [4.78, 5) is 13.7. The zero-order chi connectivity index (χ0) is 14.9. The van der Waals surface area contributed by atoms with Gasteiger partial charge in [-0.2, -0.15) is 0 Å². The van der Waals surface area contributed by atoms with E-state index in [1.165, 1.54) is 4.90 Å². The SMILES string of the molecule is CC1CCC(N(C)C(=O)c2cc(F)c(F)c(F)c2)CC1. The van der Waals surface area contributed by atoms with Gasteiger partial charge in [0, 0.05) is 18.7 Å². The molecular formula is C15H18F3NO. The summed E-state index contributed by atoms with van der Waals surface area (Å²) in [5.74, 6) is -4.04. The number of carbonyl (C=O) groups excluding carboxylic acids is 1. The van der Waals surface area contributed by atoms with Crippen LogP contribution in [0.15, 0.2) is 12.1 Å². The fourth-order valence-corrected chi connectivity index (χ4v) is 2.68. The number of benzene rings is 1. The quantitative estimate of drug-likeness (QED) is 0.758. The molecule has 0 unspecified atom stereocenters. The van der Waals surface area contributed by atoms with Crippen molar-refractivity contribution in [1.82, 2.24) is 4.90 Å². The lowest BCUT2D eigenvalue weighted by Gasteiger charge is -2.33. The maximum Gasteiger partial charge on any atom is 0.254 e. The Kier molecular flexibility index (Phi) is 4.35. The lowest BCUT2D eigenvalue weighted by molar-refractivity contribution is 0.0678.